The Labute approximate surface area is 160 Å². The first-order valence-electron chi connectivity index (χ1n) is 8.17. The number of nitro groups is 1. The van der Waals surface area contributed by atoms with Crippen molar-refractivity contribution < 1.29 is 28.3 Å². The smallest absolute Gasteiger partial charge is 0.280 e. The third-order valence-corrected chi connectivity index (χ3v) is 4.17. The van der Waals surface area contributed by atoms with Crippen LogP contribution in [0.5, 0.6) is 17.2 Å². The minimum atomic E-state index is -0.600. The van der Waals surface area contributed by atoms with Gasteiger partial charge in [-0.15, -0.1) is 0 Å². The van der Waals surface area contributed by atoms with E-state index >= 15 is 0 Å². The summed E-state index contributed by atoms with van der Waals surface area (Å²) in [7, 11) is 4.29. The Bertz CT molecular complexity index is 1000. The topological polar surface area (TPSA) is 101 Å². The zero-order chi connectivity index (χ0) is 20.3. The Morgan fingerprint density at radius 2 is 1.68 bits per heavy atom. The molecule has 0 spiro atoms. The molecule has 3 aromatic rings. The number of hydrogen-bond donors (Lipinski definition) is 0. The quantitative estimate of drug-likeness (QED) is 0.344. The summed E-state index contributed by atoms with van der Waals surface area (Å²) in [6.07, 6.45) is 1.48. The maximum Gasteiger partial charge on any atom is 0.280 e. The van der Waals surface area contributed by atoms with E-state index in [0.29, 0.717) is 17.1 Å². The summed E-state index contributed by atoms with van der Waals surface area (Å²) in [6, 6.07) is 10.5. The molecule has 0 aliphatic carbocycles. The van der Waals surface area contributed by atoms with Crippen LogP contribution in [0.2, 0.25) is 0 Å². The van der Waals surface area contributed by atoms with E-state index in [-0.39, 0.29) is 28.3 Å². The highest BCUT2D eigenvalue weighted by molar-refractivity contribution is 6.12. The molecule has 0 unspecified atom stereocenters. The lowest BCUT2D eigenvalue weighted by Gasteiger charge is -2.14. The Balaban J connectivity index is 2.16. The van der Waals surface area contributed by atoms with Crippen molar-refractivity contribution in [3.05, 3.63) is 70.0 Å². The zero-order valence-corrected chi connectivity index (χ0v) is 15.4. The molecule has 1 aromatic heterocycles. The molecule has 0 N–H and O–H groups in total. The van der Waals surface area contributed by atoms with Crippen LogP contribution in [0.3, 0.4) is 0 Å². The number of ketones is 1. The van der Waals surface area contributed by atoms with Gasteiger partial charge in [0.1, 0.15) is 11.3 Å². The van der Waals surface area contributed by atoms with Crippen LogP contribution < -0.4 is 14.2 Å². The van der Waals surface area contributed by atoms with Gasteiger partial charge in [-0.25, -0.2) is 0 Å². The van der Waals surface area contributed by atoms with Crippen LogP contribution in [-0.4, -0.2) is 32.0 Å². The molecule has 0 saturated heterocycles. The van der Waals surface area contributed by atoms with E-state index in [4.69, 9.17) is 18.6 Å². The number of ether oxygens (including phenoxy) is 3. The Hall–Kier alpha value is -3.81. The molecular weight excluding hydrogens is 366 g/mol. The normalized spacial score (nSPS) is 10.4. The fraction of sp³-hybridized carbons (Fsp3) is 0.150. The standard InChI is InChI=1S/C20H17NO7/c1-25-17-10-13(11-18(26-2)20(17)27-3)19(22)14-9-12(16-5-4-8-28-16)6-7-15(14)21(23)24/h4-11H,1-3H3. The molecule has 0 bridgehead atoms. The SMILES string of the molecule is COc1cc(C(=O)c2cc(-c3ccco3)ccc2[N+](=O)[O-])cc(OC)c1OC. The van der Waals surface area contributed by atoms with Gasteiger partial charge >= 0.3 is 0 Å². The third-order valence-electron chi connectivity index (χ3n) is 4.17. The first kappa shape index (κ1) is 19.0. The van der Waals surface area contributed by atoms with Crippen LogP contribution in [0.25, 0.3) is 11.3 Å². The average Bonchev–Trinajstić information content (AvgIpc) is 3.26. The average molecular weight is 383 g/mol. The molecule has 0 amide bonds. The van der Waals surface area contributed by atoms with Crippen molar-refractivity contribution in [1.82, 2.24) is 0 Å². The number of methoxy groups -OCH3 is 3. The molecule has 0 radical (unpaired) electrons. The van der Waals surface area contributed by atoms with Crippen LogP contribution in [0.4, 0.5) is 5.69 Å². The highest BCUT2D eigenvalue weighted by Gasteiger charge is 2.25. The Morgan fingerprint density at radius 3 is 2.18 bits per heavy atom. The molecule has 0 aliphatic rings. The van der Waals surface area contributed by atoms with Gasteiger partial charge in [0.25, 0.3) is 5.69 Å². The van der Waals surface area contributed by atoms with Gasteiger partial charge in [-0.3, -0.25) is 14.9 Å². The van der Waals surface area contributed by atoms with Gasteiger partial charge in [0.05, 0.1) is 32.5 Å². The van der Waals surface area contributed by atoms with Gasteiger partial charge in [-0.2, -0.15) is 0 Å². The predicted molar refractivity (Wildman–Crippen MR) is 100 cm³/mol. The molecule has 0 aliphatic heterocycles. The first-order valence-corrected chi connectivity index (χ1v) is 8.17. The first-order chi connectivity index (χ1) is 13.5. The van der Waals surface area contributed by atoms with Crippen molar-refractivity contribution in [3.63, 3.8) is 0 Å². The summed E-state index contributed by atoms with van der Waals surface area (Å²) in [4.78, 5) is 24.0. The lowest BCUT2D eigenvalue weighted by molar-refractivity contribution is -0.385. The highest BCUT2D eigenvalue weighted by atomic mass is 16.6. The number of hydrogen-bond acceptors (Lipinski definition) is 7. The maximum absolute atomic E-state index is 13.1. The van der Waals surface area contributed by atoms with Gasteiger partial charge in [-0.1, -0.05) is 0 Å². The second-order valence-electron chi connectivity index (χ2n) is 5.71. The second-order valence-corrected chi connectivity index (χ2v) is 5.71. The Morgan fingerprint density at radius 1 is 1.00 bits per heavy atom. The number of benzene rings is 2. The van der Waals surface area contributed by atoms with E-state index in [1.807, 2.05) is 0 Å². The molecule has 144 valence electrons. The highest BCUT2D eigenvalue weighted by Crippen LogP contribution is 2.39. The van der Waals surface area contributed by atoms with Gasteiger partial charge in [0.2, 0.25) is 5.75 Å². The van der Waals surface area contributed by atoms with Crippen LogP contribution in [0.1, 0.15) is 15.9 Å². The fourth-order valence-electron chi connectivity index (χ4n) is 2.84. The van der Waals surface area contributed by atoms with Gasteiger partial charge in [0.15, 0.2) is 17.3 Å². The van der Waals surface area contributed by atoms with E-state index in [2.05, 4.69) is 0 Å². The summed E-state index contributed by atoms with van der Waals surface area (Å²) in [5, 5.41) is 11.5. The van der Waals surface area contributed by atoms with Gasteiger partial charge in [0, 0.05) is 17.2 Å². The molecule has 3 rings (SSSR count). The van der Waals surface area contributed by atoms with E-state index in [0.717, 1.165) is 0 Å². The predicted octanol–water partition coefficient (Wildman–Crippen LogP) is 4.11. The van der Waals surface area contributed by atoms with Crippen molar-refractivity contribution in [3.8, 4) is 28.6 Å². The molecule has 0 saturated carbocycles. The summed E-state index contributed by atoms with van der Waals surface area (Å²) >= 11 is 0. The lowest BCUT2D eigenvalue weighted by Crippen LogP contribution is -2.07. The van der Waals surface area contributed by atoms with E-state index in [1.165, 1.54) is 57.9 Å². The molecule has 0 atom stereocenters. The minimum absolute atomic E-state index is 0.0758. The van der Waals surface area contributed by atoms with E-state index in [9.17, 15) is 14.9 Å². The fourth-order valence-corrected chi connectivity index (χ4v) is 2.84. The molecule has 0 fully saturated rings. The van der Waals surface area contributed by atoms with Gasteiger partial charge < -0.3 is 18.6 Å². The zero-order valence-electron chi connectivity index (χ0n) is 15.4. The van der Waals surface area contributed by atoms with Crippen LogP contribution in [-0.2, 0) is 0 Å². The molecule has 8 nitrogen and oxygen atoms in total. The summed E-state index contributed by atoms with van der Waals surface area (Å²) in [5.74, 6) is 0.804. The van der Waals surface area contributed by atoms with E-state index in [1.54, 1.807) is 12.1 Å². The molecule has 28 heavy (non-hydrogen) atoms. The summed E-state index contributed by atoms with van der Waals surface area (Å²) in [5.41, 5.74) is 0.322. The van der Waals surface area contributed by atoms with E-state index < -0.39 is 10.7 Å². The molecule has 8 heteroatoms. The number of nitrogens with zero attached hydrogens (tertiary/aromatic N) is 1. The number of nitro benzene ring substituents is 1. The van der Waals surface area contributed by atoms with Gasteiger partial charge in [-0.05, 0) is 36.4 Å². The maximum atomic E-state index is 13.1. The van der Waals surface area contributed by atoms with Crippen LogP contribution in [0, 0.1) is 10.1 Å². The number of carbonyl (C=O) groups excluding carboxylic acids is 1. The molecular formula is C20H17NO7. The summed E-state index contributed by atoms with van der Waals surface area (Å²) < 4.78 is 21.1. The Kier molecular flexibility index (Phi) is 5.30. The van der Waals surface area contributed by atoms with Crippen molar-refractivity contribution in [1.29, 1.82) is 0 Å². The minimum Gasteiger partial charge on any atom is -0.493 e. The number of rotatable bonds is 7. The molecule has 1 heterocycles. The van der Waals surface area contributed by atoms with Crippen molar-refractivity contribution in [2.24, 2.45) is 0 Å². The second kappa shape index (κ2) is 7.83. The molecule has 2 aromatic carbocycles. The number of furan rings is 1. The van der Waals surface area contributed by atoms with Crippen LogP contribution in [0.15, 0.2) is 53.1 Å². The lowest BCUT2D eigenvalue weighted by atomic mass is 9.98. The third kappa shape index (κ3) is 3.39. The number of carbonyl (C=O) groups is 1. The summed E-state index contributed by atoms with van der Waals surface area (Å²) in [6.45, 7) is 0. The van der Waals surface area contributed by atoms with Crippen molar-refractivity contribution >= 4 is 11.5 Å². The largest absolute Gasteiger partial charge is 0.493 e. The monoisotopic (exact) mass is 383 g/mol. The van der Waals surface area contributed by atoms with Crippen molar-refractivity contribution in [2.45, 2.75) is 0 Å². The van der Waals surface area contributed by atoms with Crippen LogP contribution >= 0.6 is 0 Å². The van der Waals surface area contributed by atoms with Crippen molar-refractivity contribution in [2.75, 3.05) is 21.3 Å².